The van der Waals surface area contributed by atoms with E-state index in [9.17, 15) is 10.1 Å². The van der Waals surface area contributed by atoms with Crippen molar-refractivity contribution in [1.82, 2.24) is 4.57 Å². The fourth-order valence-corrected chi connectivity index (χ4v) is 4.12. The Kier molecular flexibility index (Phi) is 6.84. The summed E-state index contributed by atoms with van der Waals surface area (Å²) >= 11 is 12.2. The molecule has 0 aliphatic heterocycles. The first kappa shape index (κ1) is 22.7. The Hall–Kier alpha value is -3.52. The molecule has 0 saturated carbocycles. The standard InChI is InChI=1S/C27H20Cl2N2O2/c28-23-9-3-18(4-10-23)2-1-13-31-17-22(25-12-11-24(29)15-26(25)31)14-21(16-30)19-5-7-20(8-6-19)27(32)33/h3-12,14-15,17H,1-2,13H2,(H,32,33)/b21-14+. The van der Waals surface area contributed by atoms with Crippen LogP contribution in [-0.2, 0) is 13.0 Å². The molecule has 4 nitrogen and oxygen atoms in total. The molecule has 0 spiro atoms. The Labute approximate surface area is 201 Å². The van der Waals surface area contributed by atoms with Gasteiger partial charge in [0.05, 0.1) is 22.7 Å². The first-order chi connectivity index (χ1) is 15.9. The number of hydrogen-bond donors (Lipinski definition) is 1. The topological polar surface area (TPSA) is 66.0 Å². The molecule has 6 heteroatoms. The normalized spacial score (nSPS) is 11.5. The van der Waals surface area contributed by atoms with Gasteiger partial charge in [-0.25, -0.2) is 4.79 Å². The summed E-state index contributed by atoms with van der Waals surface area (Å²) in [6.07, 6.45) is 5.72. The molecule has 3 aromatic carbocycles. The number of hydrogen-bond acceptors (Lipinski definition) is 2. The van der Waals surface area contributed by atoms with E-state index in [-0.39, 0.29) is 5.56 Å². The van der Waals surface area contributed by atoms with Gasteiger partial charge in [0.25, 0.3) is 0 Å². The third-order valence-corrected chi connectivity index (χ3v) is 6.00. The number of carbonyl (C=O) groups is 1. The van der Waals surface area contributed by atoms with Gasteiger partial charge in [0.15, 0.2) is 0 Å². The van der Waals surface area contributed by atoms with Crippen LogP contribution in [0.2, 0.25) is 10.0 Å². The van der Waals surface area contributed by atoms with Crippen molar-refractivity contribution in [2.45, 2.75) is 19.4 Å². The Bertz CT molecular complexity index is 1380. The molecular formula is C27H20Cl2N2O2. The highest BCUT2D eigenvalue weighted by atomic mass is 35.5. The van der Waals surface area contributed by atoms with E-state index in [0.29, 0.717) is 16.2 Å². The third kappa shape index (κ3) is 5.28. The van der Waals surface area contributed by atoms with Gasteiger partial charge in [-0.15, -0.1) is 0 Å². The lowest BCUT2D eigenvalue weighted by Crippen LogP contribution is -1.98. The minimum Gasteiger partial charge on any atom is -0.478 e. The van der Waals surface area contributed by atoms with E-state index in [2.05, 4.69) is 10.6 Å². The summed E-state index contributed by atoms with van der Waals surface area (Å²) in [7, 11) is 0. The average molecular weight is 475 g/mol. The summed E-state index contributed by atoms with van der Waals surface area (Å²) in [5.41, 5.74) is 4.45. The van der Waals surface area contributed by atoms with Crippen LogP contribution in [0.15, 0.2) is 72.9 Å². The number of aryl methyl sites for hydroxylation is 2. The van der Waals surface area contributed by atoms with Gasteiger partial charge in [0, 0.05) is 33.7 Å². The lowest BCUT2D eigenvalue weighted by molar-refractivity contribution is 0.0697. The molecule has 0 unspecified atom stereocenters. The maximum absolute atomic E-state index is 11.1. The predicted molar refractivity (Wildman–Crippen MR) is 134 cm³/mol. The molecule has 1 heterocycles. The van der Waals surface area contributed by atoms with Crippen LogP contribution in [0.1, 0.15) is 33.5 Å². The van der Waals surface area contributed by atoms with Crippen LogP contribution in [0.5, 0.6) is 0 Å². The van der Waals surface area contributed by atoms with E-state index in [1.54, 1.807) is 12.1 Å². The van der Waals surface area contributed by atoms with Crippen molar-refractivity contribution >= 4 is 51.7 Å². The summed E-state index contributed by atoms with van der Waals surface area (Å²) < 4.78 is 2.16. The van der Waals surface area contributed by atoms with Gasteiger partial charge in [-0.3, -0.25) is 0 Å². The number of carboxylic acids is 1. The molecule has 4 rings (SSSR count). The molecule has 1 N–H and O–H groups in total. The number of halogens is 2. The van der Waals surface area contributed by atoms with Gasteiger partial charge < -0.3 is 9.67 Å². The molecule has 0 radical (unpaired) electrons. The van der Waals surface area contributed by atoms with Crippen LogP contribution in [-0.4, -0.2) is 15.6 Å². The number of benzene rings is 3. The molecule has 33 heavy (non-hydrogen) atoms. The summed E-state index contributed by atoms with van der Waals surface area (Å²) in [5.74, 6) is -0.998. The maximum atomic E-state index is 11.1. The molecule has 1 aromatic heterocycles. The number of aromatic carboxylic acids is 1. The molecular weight excluding hydrogens is 455 g/mol. The second-order valence-corrected chi connectivity index (χ2v) is 8.59. The van der Waals surface area contributed by atoms with Crippen molar-refractivity contribution in [1.29, 1.82) is 5.26 Å². The summed E-state index contributed by atoms with van der Waals surface area (Å²) in [4.78, 5) is 11.1. The Morgan fingerprint density at radius 2 is 1.64 bits per heavy atom. The lowest BCUT2D eigenvalue weighted by atomic mass is 10.0. The van der Waals surface area contributed by atoms with Crippen LogP contribution < -0.4 is 0 Å². The zero-order chi connectivity index (χ0) is 23.4. The van der Waals surface area contributed by atoms with Gasteiger partial charge in [0.2, 0.25) is 0 Å². The molecule has 0 amide bonds. The summed E-state index contributed by atoms with van der Waals surface area (Å²) in [6.45, 7) is 0.794. The minimum absolute atomic E-state index is 0.183. The van der Waals surface area contributed by atoms with Crippen LogP contribution in [0, 0.1) is 11.3 Å². The number of aromatic nitrogens is 1. The fourth-order valence-electron chi connectivity index (χ4n) is 3.83. The first-order valence-corrected chi connectivity index (χ1v) is 11.2. The number of fused-ring (bicyclic) bond motifs is 1. The maximum Gasteiger partial charge on any atom is 0.335 e. The molecule has 164 valence electrons. The quantitative estimate of drug-likeness (QED) is 0.284. The van der Waals surface area contributed by atoms with E-state index in [1.165, 1.54) is 17.7 Å². The monoisotopic (exact) mass is 474 g/mol. The molecule has 4 aromatic rings. The van der Waals surface area contributed by atoms with E-state index >= 15 is 0 Å². The zero-order valence-electron chi connectivity index (χ0n) is 17.6. The smallest absolute Gasteiger partial charge is 0.335 e. The predicted octanol–water partition coefficient (Wildman–Crippen LogP) is 7.34. The van der Waals surface area contributed by atoms with Crippen molar-refractivity contribution in [2.75, 3.05) is 0 Å². The van der Waals surface area contributed by atoms with Crippen LogP contribution >= 0.6 is 23.2 Å². The third-order valence-electron chi connectivity index (χ3n) is 5.52. The zero-order valence-corrected chi connectivity index (χ0v) is 19.1. The number of nitriles is 1. The van der Waals surface area contributed by atoms with Crippen molar-refractivity contribution in [3.05, 3.63) is 105 Å². The molecule has 0 atom stereocenters. The van der Waals surface area contributed by atoms with Crippen LogP contribution in [0.3, 0.4) is 0 Å². The highest BCUT2D eigenvalue weighted by molar-refractivity contribution is 6.31. The number of allylic oxidation sites excluding steroid dienone is 1. The lowest BCUT2D eigenvalue weighted by Gasteiger charge is -2.06. The van der Waals surface area contributed by atoms with Gasteiger partial charge in [-0.05, 0) is 66.4 Å². The first-order valence-electron chi connectivity index (χ1n) is 10.4. The number of rotatable bonds is 7. The van der Waals surface area contributed by atoms with Gasteiger partial charge in [-0.1, -0.05) is 53.5 Å². The van der Waals surface area contributed by atoms with Gasteiger partial charge in [0.1, 0.15) is 0 Å². The highest BCUT2D eigenvalue weighted by Crippen LogP contribution is 2.29. The largest absolute Gasteiger partial charge is 0.478 e. The van der Waals surface area contributed by atoms with Crippen molar-refractivity contribution in [3.63, 3.8) is 0 Å². The highest BCUT2D eigenvalue weighted by Gasteiger charge is 2.11. The van der Waals surface area contributed by atoms with Crippen molar-refractivity contribution in [2.24, 2.45) is 0 Å². The van der Waals surface area contributed by atoms with Crippen LogP contribution in [0.4, 0.5) is 0 Å². The van der Waals surface area contributed by atoms with E-state index in [4.69, 9.17) is 28.3 Å². The number of carboxylic acid groups (broad SMARTS) is 1. The fraction of sp³-hybridized carbons (Fsp3) is 0.111. The second-order valence-electron chi connectivity index (χ2n) is 7.72. The average Bonchev–Trinajstić information content (AvgIpc) is 3.15. The Morgan fingerprint density at radius 3 is 2.30 bits per heavy atom. The van der Waals surface area contributed by atoms with Gasteiger partial charge >= 0.3 is 5.97 Å². The van der Waals surface area contributed by atoms with Crippen LogP contribution in [0.25, 0.3) is 22.6 Å². The van der Waals surface area contributed by atoms with Crippen molar-refractivity contribution in [3.8, 4) is 6.07 Å². The molecule has 0 bridgehead atoms. The van der Waals surface area contributed by atoms with Crippen molar-refractivity contribution < 1.29 is 9.90 Å². The summed E-state index contributed by atoms with van der Waals surface area (Å²) in [6, 6.07) is 22.2. The second kappa shape index (κ2) is 9.95. The SMILES string of the molecule is N#C/C(=C\c1cn(CCCc2ccc(Cl)cc2)c2cc(Cl)ccc12)c1ccc(C(=O)O)cc1. The minimum atomic E-state index is -0.998. The van der Waals surface area contributed by atoms with E-state index in [1.807, 2.05) is 54.7 Å². The number of nitrogens with zero attached hydrogens (tertiary/aromatic N) is 2. The van der Waals surface area contributed by atoms with E-state index < -0.39 is 5.97 Å². The van der Waals surface area contributed by atoms with Gasteiger partial charge in [-0.2, -0.15) is 5.26 Å². The Morgan fingerprint density at radius 1 is 0.970 bits per heavy atom. The Balaban J connectivity index is 1.63. The molecule has 0 aliphatic carbocycles. The van der Waals surface area contributed by atoms with E-state index in [0.717, 1.165) is 40.9 Å². The molecule has 0 aliphatic rings. The molecule has 0 fully saturated rings. The summed E-state index contributed by atoms with van der Waals surface area (Å²) in [5, 5.41) is 21.2. The molecule has 0 saturated heterocycles.